The van der Waals surface area contributed by atoms with Crippen molar-refractivity contribution >= 4 is 17.6 Å². The van der Waals surface area contributed by atoms with Gasteiger partial charge in [0.1, 0.15) is 11.5 Å². The summed E-state index contributed by atoms with van der Waals surface area (Å²) in [5, 5.41) is 8.48. The molecule has 1 aromatic rings. The molecule has 0 saturated carbocycles. The highest BCUT2D eigenvalue weighted by atomic mass is 16.2. The number of carbonyl (C=O) groups is 2. The van der Waals surface area contributed by atoms with Crippen molar-refractivity contribution in [1.82, 2.24) is 20.4 Å². The fraction of sp³-hybridized carbons (Fsp3) is 0.375. The van der Waals surface area contributed by atoms with Crippen LogP contribution in [0.3, 0.4) is 0 Å². The van der Waals surface area contributed by atoms with Crippen LogP contribution in [0.5, 0.6) is 0 Å². The topological polar surface area (TPSA) is 104 Å². The fourth-order valence-corrected chi connectivity index (χ4v) is 0.863. The predicted octanol–water partition coefficient (Wildman–Crippen LogP) is -1.19. The Hall–Kier alpha value is -2.05. The zero-order valence-electron chi connectivity index (χ0n) is 8.57. The lowest BCUT2D eigenvalue weighted by Crippen LogP contribution is -2.36. The van der Waals surface area contributed by atoms with Gasteiger partial charge < -0.3 is 16.0 Å². The number of nitrogens with two attached hydrogens (primary N) is 1. The summed E-state index contributed by atoms with van der Waals surface area (Å²) < 4.78 is 0. The number of nitrogen functional groups attached to an aromatic ring is 1. The number of aromatic amines is 1. The fourth-order valence-electron chi connectivity index (χ4n) is 0.863. The molecule has 0 aliphatic heterocycles. The predicted molar refractivity (Wildman–Crippen MR) is 54.0 cm³/mol. The Bertz CT molecular complexity index is 371. The van der Waals surface area contributed by atoms with Gasteiger partial charge in [0.2, 0.25) is 5.91 Å². The number of nitrogens with one attached hydrogen (secondary N) is 2. The minimum atomic E-state index is -0.408. The van der Waals surface area contributed by atoms with E-state index in [0.717, 1.165) is 0 Å². The van der Waals surface area contributed by atoms with Crippen LogP contribution in [-0.2, 0) is 4.79 Å². The molecule has 82 valence electrons. The van der Waals surface area contributed by atoms with Gasteiger partial charge in [-0.15, -0.1) is 0 Å². The molecule has 0 spiro atoms. The molecule has 1 aromatic heterocycles. The lowest BCUT2D eigenvalue weighted by atomic mass is 10.4. The monoisotopic (exact) mass is 211 g/mol. The zero-order chi connectivity index (χ0) is 11.4. The highest BCUT2D eigenvalue weighted by molar-refractivity contribution is 5.95. The number of carbonyl (C=O) groups excluding carboxylic acids is 2. The summed E-state index contributed by atoms with van der Waals surface area (Å²) >= 11 is 0. The molecule has 0 bridgehead atoms. The Kier molecular flexibility index (Phi) is 3.27. The van der Waals surface area contributed by atoms with Gasteiger partial charge in [-0.05, 0) is 0 Å². The molecule has 0 unspecified atom stereocenters. The third-order valence-corrected chi connectivity index (χ3v) is 1.74. The third kappa shape index (κ3) is 2.97. The summed E-state index contributed by atoms with van der Waals surface area (Å²) in [7, 11) is 3.23. The Balaban J connectivity index is 2.47. The van der Waals surface area contributed by atoms with Gasteiger partial charge in [-0.25, -0.2) is 0 Å². The van der Waals surface area contributed by atoms with E-state index in [1.165, 1.54) is 11.0 Å². The molecule has 4 N–H and O–H groups in total. The van der Waals surface area contributed by atoms with Crippen LogP contribution in [0.4, 0.5) is 5.82 Å². The molecule has 1 heterocycles. The normalized spacial score (nSPS) is 9.73. The number of H-pyrrole nitrogens is 1. The number of nitrogens with zero attached hydrogens (tertiary/aromatic N) is 2. The van der Waals surface area contributed by atoms with Crippen molar-refractivity contribution in [2.75, 3.05) is 26.4 Å². The maximum Gasteiger partial charge on any atom is 0.269 e. The summed E-state index contributed by atoms with van der Waals surface area (Å²) in [6.07, 6.45) is 0. The van der Waals surface area contributed by atoms with Crippen LogP contribution >= 0.6 is 0 Å². The molecule has 2 amide bonds. The van der Waals surface area contributed by atoms with Crippen molar-refractivity contribution < 1.29 is 9.59 Å². The van der Waals surface area contributed by atoms with Crippen LogP contribution < -0.4 is 11.1 Å². The molecule has 0 saturated heterocycles. The summed E-state index contributed by atoms with van der Waals surface area (Å²) in [5.41, 5.74) is 5.56. The molecule has 0 radical (unpaired) electrons. The first-order valence-electron chi connectivity index (χ1n) is 4.30. The number of likely N-dealkylation sites (N-methyl/N-ethyl adjacent to an activating group) is 1. The number of rotatable bonds is 3. The van der Waals surface area contributed by atoms with Gasteiger partial charge in [0, 0.05) is 20.2 Å². The molecular weight excluding hydrogens is 198 g/mol. The quantitative estimate of drug-likeness (QED) is 0.584. The first-order chi connectivity index (χ1) is 7.00. The smallest absolute Gasteiger partial charge is 0.269 e. The summed E-state index contributed by atoms with van der Waals surface area (Å²) in [6, 6.07) is 1.40. The lowest BCUT2D eigenvalue weighted by molar-refractivity contribution is -0.127. The van der Waals surface area contributed by atoms with Gasteiger partial charge in [0.25, 0.3) is 5.91 Å². The highest BCUT2D eigenvalue weighted by Crippen LogP contribution is 1.99. The number of aromatic nitrogens is 2. The maximum atomic E-state index is 11.4. The van der Waals surface area contributed by atoms with Gasteiger partial charge in [-0.1, -0.05) is 0 Å². The van der Waals surface area contributed by atoms with Crippen LogP contribution in [0.15, 0.2) is 6.07 Å². The van der Waals surface area contributed by atoms with Crippen molar-refractivity contribution in [2.24, 2.45) is 0 Å². The number of hydrogen-bond donors (Lipinski definition) is 3. The van der Waals surface area contributed by atoms with E-state index in [9.17, 15) is 9.59 Å². The second-order valence-electron chi connectivity index (χ2n) is 3.18. The summed E-state index contributed by atoms with van der Waals surface area (Å²) in [4.78, 5) is 23.9. The van der Waals surface area contributed by atoms with Gasteiger partial charge in [0.05, 0.1) is 6.54 Å². The van der Waals surface area contributed by atoms with Gasteiger partial charge >= 0.3 is 0 Å². The van der Waals surface area contributed by atoms with Crippen LogP contribution in [0.1, 0.15) is 10.5 Å². The van der Waals surface area contributed by atoms with Crippen LogP contribution in [-0.4, -0.2) is 47.6 Å². The van der Waals surface area contributed by atoms with E-state index in [1.54, 1.807) is 14.1 Å². The second kappa shape index (κ2) is 4.45. The Morgan fingerprint density at radius 1 is 1.60 bits per heavy atom. The van der Waals surface area contributed by atoms with Crippen molar-refractivity contribution in [1.29, 1.82) is 0 Å². The molecule has 0 fully saturated rings. The average Bonchev–Trinajstić information content (AvgIpc) is 2.60. The van der Waals surface area contributed by atoms with E-state index >= 15 is 0 Å². The van der Waals surface area contributed by atoms with Crippen LogP contribution in [0.2, 0.25) is 0 Å². The van der Waals surface area contributed by atoms with Crippen LogP contribution in [0, 0.1) is 0 Å². The largest absolute Gasteiger partial charge is 0.382 e. The Labute approximate surface area is 86.6 Å². The molecule has 0 aliphatic rings. The van der Waals surface area contributed by atoms with Gasteiger partial charge in [-0.3, -0.25) is 14.7 Å². The van der Waals surface area contributed by atoms with E-state index in [4.69, 9.17) is 5.73 Å². The molecule has 0 aliphatic carbocycles. The van der Waals surface area contributed by atoms with E-state index in [2.05, 4.69) is 15.5 Å². The van der Waals surface area contributed by atoms with Crippen LogP contribution in [0.25, 0.3) is 0 Å². The summed E-state index contributed by atoms with van der Waals surface area (Å²) in [5.74, 6) is -0.357. The first kappa shape index (κ1) is 11.0. The molecule has 0 aromatic carbocycles. The van der Waals surface area contributed by atoms with Crippen molar-refractivity contribution in [3.63, 3.8) is 0 Å². The Morgan fingerprint density at radius 2 is 2.27 bits per heavy atom. The van der Waals surface area contributed by atoms with Gasteiger partial charge in [-0.2, -0.15) is 5.10 Å². The Morgan fingerprint density at radius 3 is 2.73 bits per heavy atom. The molecule has 7 nitrogen and oxygen atoms in total. The first-order valence-corrected chi connectivity index (χ1v) is 4.30. The van der Waals surface area contributed by atoms with E-state index in [1.807, 2.05) is 0 Å². The number of hydrogen-bond acceptors (Lipinski definition) is 4. The molecule has 15 heavy (non-hydrogen) atoms. The second-order valence-corrected chi connectivity index (χ2v) is 3.18. The minimum absolute atomic E-state index is 0.0508. The summed E-state index contributed by atoms with van der Waals surface area (Å²) in [6.45, 7) is -0.0508. The third-order valence-electron chi connectivity index (χ3n) is 1.74. The highest BCUT2D eigenvalue weighted by Gasteiger charge is 2.10. The lowest BCUT2D eigenvalue weighted by Gasteiger charge is -2.10. The van der Waals surface area contributed by atoms with E-state index in [-0.39, 0.29) is 24.0 Å². The minimum Gasteiger partial charge on any atom is -0.382 e. The molecular formula is C8H13N5O2. The van der Waals surface area contributed by atoms with Gasteiger partial charge in [0.15, 0.2) is 0 Å². The number of anilines is 1. The van der Waals surface area contributed by atoms with E-state index in [0.29, 0.717) is 0 Å². The standard InChI is InChI=1S/C8H13N5O2/c1-13(2)7(14)4-10-8(15)5-3-6(9)12-11-5/h3H,4H2,1-2H3,(H,10,15)(H3,9,11,12). The SMILES string of the molecule is CN(C)C(=O)CNC(=O)c1cc(N)n[nH]1. The van der Waals surface area contributed by atoms with Crippen molar-refractivity contribution in [3.05, 3.63) is 11.8 Å². The van der Waals surface area contributed by atoms with Crippen molar-refractivity contribution in [2.45, 2.75) is 0 Å². The zero-order valence-corrected chi connectivity index (χ0v) is 8.57. The van der Waals surface area contributed by atoms with E-state index < -0.39 is 5.91 Å². The maximum absolute atomic E-state index is 11.4. The average molecular weight is 211 g/mol. The molecule has 1 rings (SSSR count). The number of amides is 2. The van der Waals surface area contributed by atoms with Crippen molar-refractivity contribution in [3.8, 4) is 0 Å². The molecule has 7 heteroatoms. The molecule has 0 atom stereocenters.